The van der Waals surface area contributed by atoms with Crippen molar-refractivity contribution >= 4 is 27.9 Å². The molecule has 0 amide bonds. The maximum absolute atomic E-state index is 13.0. The summed E-state index contributed by atoms with van der Waals surface area (Å²) < 4.78 is 31.3. The van der Waals surface area contributed by atoms with E-state index in [1.54, 1.807) is 25.3 Å². The van der Waals surface area contributed by atoms with E-state index in [0.717, 1.165) is 10.0 Å². The number of aliphatic hydroxyl groups is 2. The van der Waals surface area contributed by atoms with E-state index in [9.17, 15) is 24.9 Å². The predicted molar refractivity (Wildman–Crippen MR) is 155 cm³/mol. The highest BCUT2D eigenvalue weighted by Crippen LogP contribution is 2.57. The van der Waals surface area contributed by atoms with Crippen LogP contribution in [0.4, 0.5) is 0 Å². The Bertz CT molecular complexity index is 1140. The number of fused-ring (bicyclic) bond motifs is 2. The molecule has 3 aliphatic heterocycles. The maximum Gasteiger partial charge on any atom is 0.311 e. The zero-order chi connectivity index (χ0) is 31.0. The summed E-state index contributed by atoms with van der Waals surface area (Å²) in [6.07, 6.45) is -1.21. The van der Waals surface area contributed by atoms with E-state index < -0.39 is 66.2 Å². The van der Waals surface area contributed by atoms with E-state index in [1.807, 2.05) is 27.7 Å². The van der Waals surface area contributed by atoms with Crippen molar-refractivity contribution in [1.29, 1.82) is 0 Å². The Balaban J connectivity index is 1.66. The molecule has 1 aromatic carbocycles. The summed E-state index contributed by atoms with van der Waals surface area (Å²) in [4.78, 5) is 25.8. The van der Waals surface area contributed by atoms with Gasteiger partial charge in [-0.1, -0.05) is 50.5 Å². The smallest absolute Gasteiger partial charge is 0.311 e. The van der Waals surface area contributed by atoms with Crippen molar-refractivity contribution in [2.24, 2.45) is 23.2 Å². The number of phenolic OH excluding ortho intramolecular Hbond substituents is 1. The van der Waals surface area contributed by atoms with Crippen molar-refractivity contribution < 1.29 is 48.6 Å². The van der Waals surface area contributed by atoms with Crippen LogP contribution in [0.25, 0.3) is 0 Å². The van der Waals surface area contributed by atoms with Gasteiger partial charge in [-0.15, -0.1) is 0 Å². The lowest BCUT2D eigenvalue weighted by molar-refractivity contribution is -0.451. The number of phenols is 1. The number of methoxy groups -OCH3 is 1. The van der Waals surface area contributed by atoms with Crippen LogP contribution in [-0.2, 0) is 33.3 Å². The van der Waals surface area contributed by atoms with Gasteiger partial charge >= 0.3 is 11.9 Å². The summed E-state index contributed by atoms with van der Waals surface area (Å²) in [7, 11) is 1.63. The molecule has 11 heteroatoms. The number of ether oxygens (including phenoxy) is 5. The number of hydrogen-bond acceptors (Lipinski definition) is 10. The minimum Gasteiger partial charge on any atom is -0.508 e. The van der Waals surface area contributed by atoms with E-state index in [0.29, 0.717) is 19.3 Å². The third-order valence-corrected chi connectivity index (χ3v) is 10.2. The van der Waals surface area contributed by atoms with Gasteiger partial charge in [0.2, 0.25) is 0 Å². The SMILES string of the molecule is CO[C@@H](CC[C@H](C)[C@H]1O[C@@]23C[C@H](OC(=O)C[C@H](CO)OC(=O)C[C@](O)(O2)[C@H](C)CC3(C)C)[C@@H]1C)c1cc(O)ccc1Br. The van der Waals surface area contributed by atoms with Gasteiger partial charge in [-0.2, -0.15) is 0 Å². The Hall–Kier alpha value is -1.76. The van der Waals surface area contributed by atoms with Crippen molar-refractivity contribution in [3.8, 4) is 5.75 Å². The maximum atomic E-state index is 13.0. The molecule has 3 bridgehead atoms. The van der Waals surface area contributed by atoms with Crippen LogP contribution >= 0.6 is 15.9 Å². The molecular weight excluding hydrogens is 612 g/mol. The van der Waals surface area contributed by atoms with Gasteiger partial charge in [-0.05, 0) is 48.9 Å². The van der Waals surface area contributed by atoms with Gasteiger partial charge < -0.3 is 39.0 Å². The summed E-state index contributed by atoms with van der Waals surface area (Å²) in [5, 5.41) is 31.5. The van der Waals surface area contributed by atoms with Crippen LogP contribution in [0, 0.1) is 23.2 Å². The van der Waals surface area contributed by atoms with Crippen LogP contribution in [0.2, 0.25) is 0 Å². The number of carbonyl (C=O) groups excluding carboxylic acids is 2. The molecule has 0 aliphatic carbocycles. The van der Waals surface area contributed by atoms with Gasteiger partial charge in [0.05, 0.1) is 31.7 Å². The number of cyclic esters (lactones) is 1. The van der Waals surface area contributed by atoms with E-state index in [1.165, 1.54) is 0 Å². The summed E-state index contributed by atoms with van der Waals surface area (Å²) >= 11 is 3.56. The number of hydrogen-bond donors (Lipinski definition) is 3. The Kier molecular flexibility index (Phi) is 10.0. The number of carbonyl (C=O) groups is 2. The average Bonchev–Trinajstić information content (AvgIpc) is 2.90. The lowest BCUT2D eigenvalue weighted by Crippen LogP contribution is -2.68. The molecule has 0 radical (unpaired) electrons. The fourth-order valence-corrected chi connectivity index (χ4v) is 7.38. The highest BCUT2D eigenvalue weighted by atomic mass is 79.9. The molecule has 10 nitrogen and oxygen atoms in total. The number of halogens is 1. The van der Waals surface area contributed by atoms with Crippen LogP contribution in [0.5, 0.6) is 5.75 Å². The number of rotatable bonds is 7. The molecule has 9 atom stereocenters. The summed E-state index contributed by atoms with van der Waals surface area (Å²) in [6.45, 7) is 9.33. The average molecular weight is 658 g/mol. The summed E-state index contributed by atoms with van der Waals surface area (Å²) in [5.41, 5.74) is 0.228. The standard InChI is InChI=1S/C31H45BrO10/c1-17(7-10-24(38-6)22-11-20(34)8-9-23(22)32)28-19(3)25-14-31(41-28)29(4,5)13-18(2)30(37,42-31)15-27(36)39-21(16-33)12-26(35)40-25/h8-9,11,17-19,21,24-25,28,33-34,37H,7,10,12-16H2,1-6H3/t17-,18+,19-,21+,24-,25-,28+,30-,31-/m0/s1. The van der Waals surface area contributed by atoms with E-state index in [4.69, 9.17) is 23.7 Å². The van der Waals surface area contributed by atoms with Crippen molar-refractivity contribution in [3.05, 3.63) is 28.2 Å². The van der Waals surface area contributed by atoms with Crippen molar-refractivity contribution in [1.82, 2.24) is 0 Å². The molecule has 0 unspecified atom stereocenters. The van der Waals surface area contributed by atoms with Crippen molar-refractivity contribution in [2.45, 2.75) is 109 Å². The third-order valence-electron chi connectivity index (χ3n) is 9.49. The number of benzene rings is 1. The molecule has 4 rings (SSSR count). The molecule has 0 aromatic heterocycles. The molecule has 3 fully saturated rings. The largest absolute Gasteiger partial charge is 0.508 e. The molecule has 42 heavy (non-hydrogen) atoms. The Morgan fingerprint density at radius 1 is 1.12 bits per heavy atom. The van der Waals surface area contributed by atoms with Crippen LogP contribution in [0.3, 0.4) is 0 Å². The van der Waals surface area contributed by atoms with Gasteiger partial charge in [0.25, 0.3) is 0 Å². The van der Waals surface area contributed by atoms with Gasteiger partial charge in [-0.3, -0.25) is 9.59 Å². The molecule has 236 valence electrons. The lowest BCUT2D eigenvalue weighted by Gasteiger charge is -2.61. The highest BCUT2D eigenvalue weighted by molar-refractivity contribution is 9.10. The lowest BCUT2D eigenvalue weighted by atomic mass is 9.66. The van der Waals surface area contributed by atoms with Crippen LogP contribution in [-0.4, -0.2) is 70.9 Å². The predicted octanol–water partition coefficient (Wildman–Crippen LogP) is 4.76. The van der Waals surface area contributed by atoms with E-state index in [-0.39, 0.29) is 36.5 Å². The Morgan fingerprint density at radius 3 is 2.50 bits per heavy atom. The minimum absolute atomic E-state index is 0.0537. The van der Waals surface area contributed by atoms with E-state index in [2.05, 4.69) is 22.9 Å². The van der Waals surface area contributed by atoms with Crippen LogP contribution < -0.4 is 0 Å². The van der Waals surface area contributed by atoms with Gasteiger partial charge in [0.15, 0.2) is 11.6 Å². The second kappa shape index (κ2) is 12.7. The Labute approximate surface area is 256 Å². The van der Waals surface area contributed by atoms with Crippen molar-refractivity contribution in [2.75, 3.05) is 13.7 Å². The molecule has 3 saturated heterocycles. The van der Waals surface area contributed by atoms with Crippen molar-refractivity contribution in [3.63, 3.8) is 0 Å². The second-order valence-corrected chi connectivity index (χ2v) is 13.9. The molecule has 0 saturated carbocycles. The quantitative estimate of drug-likeness (QED) is 0.352. The fourth-order valence-electron chi connectivity index (χ4n) is 6.87. The fraction of sp³-hybridized carbons (Fsp3) is 0.742. The minimum atomic E-state index is -1.88. The van der Waals surface area contributed by atoms with Crippen LogP contribution in [0.1, 0.15) is 84.8 Å². The first kappa shape index (κ1) is 33.1. The van der Waals surface area contributed by atoms with Gasteiger partial charge in [0.1, 0.15) is 18.0 Å². The first-order chi connectivity index (χ1) is 19.6. The first-order valence-electron chi connectivity index (χ1n) is 14.7. The molecule has 3 aliphatic rings. The topological polar surface area (TPSA) is 141 Å². The normalized spacial score (nSPS) is 36.5. The second-order valence-electron chi connectivity index (χ2n) is 13.0. The molecular formula is C31H45BrO10. The zero-order valence-corrected chi connectivity index (χ0v) is 26.9. The van der Waals surface area contributed by atoms with Gasteiger partial charge in [0, 0.05) is 35.3 Å². The number of esters is 2. The Morgan fingerprint density at radius 2 is 1.83 bits per heavy atom. The van der Waals surface area contributed by atoms with E-state index >= 15 is 0 Å². The highest BCUT2D eigenvalue weighted by Gasteiger charge is 2.64. The molecule has 3 N–H and O–H groups in total. The summed E-state index contributed by atoms with van der Waals surface area (Å²) in [5.74, 6) is -5.15. The van der Waals surface area contributed by atoms with Gasteiger partial charge in [-0.25, -0.2) is 0 Å². The first-order valence-corrected chi connectivity index (χ1v) is 15.5. The number of aliphatic hydroxyl groups excluding tert-OH is 1. The molecule has 3 heterocycles. The summed E-state index contributed by atoms with van der Waals surface area (Å²) in [6, 6.07) is 5.07. The number of aromatic hydroxyl groups is 1. The van der Waals surface area contributed by atoms with Crippen LogP contribution in [0.15, 0.2) is 22.7 Å². The molecule has 1 aromatic rings. The zero-order valence-electron chi connectivity index (χ0n) is 25.3. The monoisotopic (exact) mass is 656 g/mol. The third kappa shape index (κ3) is 6.66. The molecule has 1 spiro atoms.